The van der Waals surface area contributed by atoms with Gasteiger partial charge in [-0.1, -0.05) is 159 Å². The van der Waals surface area contributed by atoms with Crippen molar-refractivity contribution in [1.82, 2.24) is 0 Å². The maximum atomic E-state index is 6.89. The van der Waals surface area contributed by atoms with Gasteiger partial charge in [-0.3, -0.25) is 4.52 Å². The normalized spacial score (nSPS) is 15.2. The molecule has 0 aromatic heterocycles. The van der Waals surface area contributed by atoms with Crippen molar-refractivity contribution in [1.29, 1.82) is 0 Å². The summed E-state index contributed by atoms with van der Waals surface area (Å²) in [6, 6.07) is 58.0. The van der Waals surface area contributed by atoms with Crippen LogP contribution in [0.5, 0.6) is 34.5 Å². The summed E-state index contributed by atoms with van der Waals surface area (Å²) >= 11 is 0. The van der Waals surface area contributed by atoms with Crippen molar-refractivity contribution in [2.45, 2.75) is 32.8 Å². The van der Waals surface area contributed by atoms with Crippen molar-refractivity contribution >= 4 is 55.6 Å². The van der Waals surface area contributed by atoms with E-state index in [2.05, 4.69) is 146 Å². The van der Waals surface area contributed by atoms with E-state index < -0.39 is 17.2 Å². The van der Waals surface area contributed by atoms with Gasteiger partial charge in [-0.05, 0) is 104 Å². The van der Waals surface area contributed by atoms with E-state index in [1.165, 1.54) is 5.56 Å². The van der Waals surface area contributed by atoms with E-state index in [1.54, 1.807) is 0 Å². The molecule has 2 unspecified atom stereocenters. The lowest BCUT2D eigenvalue weighted by Gasteiger charge is -2.28. The summed E-state index contributed by atoms with van der Waals surface area (Å²) in [4.78, 5) is 0. The summed E-state index contributed by atoms with van der Waals surface area (Å²) in [6.45, 7) is 2.43. The molecule has 9 heteroatoms. The van der Waals surface area contributed by atoms with Gasteiger partial charge >= 0.3 is 17.2 Å². The largest absolute Gasteiger partial charge is 0.530 e. The minimum Gasteiger partial charge on any atom is -0.449 e. The molecular weight excluding hydrogens is 859 g/mol. The highest BCUT2D eigenvalue weighted by atomic mass is 31.2. The molecule has 0 spiro atoms. The quantitative estimate of drug-likeness (QED) is 0.134. The van der Waals surface area contributed by atoms with Crippen molar-refractivity contribution in [2.75, 3.05) is 0 Å². The van der Waals surface area contributed by atoms with Crippen LogP contribution in [0.25, 0.3) is 49.5 Å². The molecule has 66 heavy (non-hydrogen) atoms. The molecule has 0 saturated carbocycles. The van der Waals surface area contributed by atoms with E-state index in [0.717, 1.165) is 77.7 Å². The number of rotatable bonds is 9. The zero-order valence-electron chi connectivity index (χ0n) is 36.0. The molecule has 0 saturated heterocycles. The van der Waals surface area contributed by atoms with Gasteiger partial charge in [-0.25, -0.2) is 0 Å². The minimum absolute atomic E-state index is 0.295. The number of fused-ring (bicyclic) bond motifs is 11. The van der Waals surface area contributed by atoms with E-state index in [0.29, 0.717) is 59.7 Å². The van der Waals surface area contributed by atoms with Crippen molar-refractivity contribution in [3.05, 3.63) is 221 Å². The molecule has 0 bridgehead atoms. The zero-order chi connectivity index (χ0) is 44.0. The average molecular weight is 901 g/mol. The Morgan fingerprint density at radius 2 is 1.17 bits per heavy atom. The molecule has 2 atom stereocenters. The monoisotopic (exact) mass is 900 g/mol. The van der Waals surface area contributed by atoms with Crippen LogP contribution in [0.1, 0.15) is 40.3 Å². The summed E-state index contributed by atoms with van der Waals surface area (Å²) in [5.74, 6) is 4.21. The molecule has 322 valence electrons. The number of aryl methyl sites for hydroxylation is 1. The highest BCUT2D eigenvalue weighted by molar-refractivity contribution is 7.43. The fourth-order valence-corrected chi connectivity index (χ4v) is 11.3. The van der Waals surface area contributed by atoms with Crippen molar-refractivity contribution in [3.8, 4) is 45.6 Å². The van der Waals surface area contributed by atoms with E-state index in [4.69, 9.17) is 31.9 Å². The Kier molecular flexibility index (Phi) is 10.6. The molecule has 7 nitrogen and oxygen atoms in total. The number of allylic oxidation sites excluding steroid dienone is 2. The van der Waals surface area contributed by atoms with E-state index >= 15 is 0 Å². The Morgan fingerprint density at radius 1 is 0.530 bits per heavy atom. The maximum absolute atomic E-state index is 6.89. The molecule has 0 amide bonds. The Hall–Kier alpha value is -7.14. The number of para-hydroxylation sites is 2. The molecule has 9 aromatic rings. The van der Waals surface area contributed by atoms with Crippen molar-refractivity contribution in [3.63, 3.8) is 0 Å². The molecule has 2 heterocycles. The predicted molar refractivity (Wildman–Crippen MR) is 265 cm³/mol. The van der Waals surface area contributed by atoms with Crippen LogP contribution in [-0.2, 0) is 34.9 Å². The van der Waals surface area contributed by atoms with Crippen LogP contribution in [0.3, 0.4) is 0 Å². The van der Waals surface area contributed by atoms with Gasteiger partial charge in [-0.2, -0.15) is 0 Å². The summed E-state index contributed by atoms with van der Waals surface area (Å²) in [6.07, 6.45) is 8.20. The lowest BCUT2D eigenvalue weighted by atomic mass is 9.89. The van der Waals surface area contributed by atoms with Crippen LogP contribution >= 0.6 is 17.2 Å². The summed E-state index contributed by atoms with van der Waals surface area (Å²) < 4.78 is 47.4. The molecule has 0 fully saturated rings. The third-order valence-electron chi connectivity index (χ3n) is 12.4. The number of benzene rings is 9. The third-order valence-corrected chi connectivity index (χ3v) is 14.5. The summed E-state index contributed by atoms with van der Waals surface area (Å²) in [7, 11) is -3.99. The van der Waals surface area contributed by atoms with E-state index in [1.807, 2.05) is 48.5 Å². The van der Waals surface area contributed by atoms with Gasteiger partial charge in [0.05, 0.1) is 6.61 Å². The fraction of sp³-hybridized carbons (Fsp3) is 0.0877. The van der Waals surface area contributed by atoms with Gasteiger partial charge in [0.15, 0.2) is 23.0 Å². The van der Waals surface area contributed by atoms with E-state index in [9.17, 15) is 0 Å². The number of hydrogen-bond donors (Lipinski definition) is 0. The topological polar surface area (TPSA) is 64.6 Å². The first-order valence-corrected chi connectivity index (χ1v) is 24.4. The number of ether oxygens (including phenoxy) is 1. The maximum Gasteiger partial charge on any atom is 0.530 e. The standard InChI is InChI=1S/C57H42O7P2/c1-2-46-47-20-8-5-15-39(47)29-33-50(46)61-66(60-45-31-27-37-13-3-4-14-38(37)28-32-45)64-53-24-12-19-43-35-42-18-11-23-52(56(42)59-57(43)53)63-65-58-36-44-26-25-40-16-6-9-21-48(40)54(44)55-49-22-10-7-17-41(49)30-34-51(55)62-65/h3-27,29-34H,2,28,35-36H2,1H3. The predicted octanol–water partition coefficient (Wildman–Crippen LogP) is 16.1. The first-order valence-electron chi connectivity index (χ1n) is 22.2. The van der Waals surface area contributed by atoms with Crippen LogP contribution in [0.15, 0.2) is 188 Å². The second-order valence-corrected chi connectivity index (χ2v) is 18.5. The van der Waals surface area contributed by atoms with Gasteiger partial charge in [-0.15, -0.1) is 0 Å². The van der Waals surface area contributed by atoms with Crippen LogP contribution in [0, 0.1) is 0 Å². The second kappa shape index (κ2) is 17.3. The molecule has 0 N–H and O–H groups in total. The Morgan fingerprint density at radius 3 is 1.97 bits per heavy atom. The molecule has 1 aliphatic carbocycles. The molecular formula is C57H42O7P2. The zero-order valence-corrected chi connectivity index (χ0v) is 37.8. The van der Waals surface area contributed by atoms with Crippen LogP contribution in [-0.4, -0.2) is 0 Å². The summed E-state index contributed by atoms with van der Waals surface area (Å²) in [5, 5.41) is 6.81. The molecule has 0 radical (unpaired) electrons. The van der Waals surface area contributed by atoms with E-state index in [-0.39, 0.29) is 0 Å². The van der Waals surface area contributed by atoms with Crippen LogP contribution in [0.4, 0.5) is 0 Å². The Labute approximate surface area is 385 Å². The van der Waals surface area contributed by atoms with Crippen LogP contribution < -0.4 is 22.8 Å². The van der Waals surface area contributed by atoms with Gasteiger partial charge in [0.25, 0.3) is 0 Å². The third kappa shape index (κ3) is 7.59. The van der Waals surface area contributed by atoms with Crippen LogP contribution in [0.2, 0.25) is 0 Å². The average Bonchev–Trinajstić information content (AvgIpc) is 3.56. The lowest BCUT2D eigenvalue weighted by molar-refractivity contribution is 0.252. The van der Waals surface area contributed by atoms with Gasteiger partial charge in [0.1, 0.15) is 17.3 Å². The van der Waals surface area contributed by atoms with Gasteiger partial charge in [0.2, 0.25) is 0 Å². The Balaban J connectivity index is 0.870. The highest BCUT2D eigenvalue weighted by Gasteiger charge is 2.32. The first-order chi connectivity index (χ1) is 32.6. The number of hydrogen-bond acceptors (Lipinski definition) is 7. The molecule has 3 aliphatic rings. The smallest absolute Gasteiger partial charge is 0.449 e. The first kappa shape index (κ1) is 40.4. The highest BCUT2D eigenvalue weighted by Crippen LogP contribution is 2.56. The SMILES string of the molecule is CCc1c(OP(OC2=CCc3ccccc3C=C2)Oc2cccc3c2Oc2c(cccc2OP2OCc4ccc5ccccc5c4-c4c(ccc5ccccc45)O2)C3)ccc2ccccc12. The lowest BCUT2D eigenvalue weighted by Crippen LogP contribution is -2.09. The molecule has 2 aliphatic heterocycles. The Bertz CT molecular complexity index is 3420. The minimum atomic E-state index is -2.05. The second-order valence-electron chi connectivity index (χ2n) is 16.4. The van der Waals surface area contributed by atoms with Gasteiger partial charge in [0, 0.05) is 28.7 Å². The van der Waals surface area contributed by atoms with Crippen molar-refractivity contribution < 1.29 is 31.9 Å². The summed E-state index contributed by atoms with van der Waals surface area (Å²) in [5.41, 5.74) is 8.57. The fourth-order valence-electron chi connectivity index (χ4n) is 9.23. The van der Waals surface area contributed by atoms with Gasteiger partial charge < -0.3 is 27.4 Å². The molecule has 9 aromatic carbocycles. The van der Waals surface area contributed by atoms with Crippen molar-refractivity contribution in [2.24, 2.45) is 0 Å². The molecule has 12 rings (SSSR count).